The summed E-state index contributed by atoms with van der Waals surface area (Å²) in [5.41, 5.74) is 1.64. The molecular weight excluding hydrogens is 294 g/mol. The zero-order valence-electron chi connectivity index (χ0n) is 11.8. The van der Waals surface area contributed by atoms with Crippen LogP contribution in [0, 0.1) is 0 Å². The summed E-state index contributed by atoms with van der Waals surface area (Å²) in [5.74, 6) is 0.489. The Labute approximate surface area is 127 Å². The van der Waals surface area contributed by atoms with Crippen molar-refractivity contribution in [3.05, 3.63) is 35.2 Å². The minimum Gasteiger partial charge on any atom is -0.350 e. The van der Waals surface area contributed by atoms with Gasteiger partial charge >= 0.3 is 0 Å². The lowest BCUT2D eigenvalue weighted by Crippen LogP contribution is -2.26. The molecular formula is C14H18ClN3OS. The summed E-state index contributed by atoms with van der Waals surface area (Å²) in [4.78, 5) is 16.2. The standard InChI is InChI=1S/C14H18ClN3OS/c1-14(2,3)20-9-13(19)16-6-11-8-18-7-10(15)4-5-12(18)17-11/h4-5,7-8H,6,9H2,1-3H3,(H,16,19). The number of amides is 1. The van der Waals surface area contributed by atoms with E-state index in [0.717, 1.165) is 11.3 Å². The molecule has 1 N–H and O–H groups in total. The Kier molecular flexibility index (Phi) is 4.60. The summed E-state index contributed by atoms with van der Waals surface area (Å²) in [6, 6.07) is 3.65. The average Bonchev–Trinajstić information content (AvgIpc) is 2.75. The highest BCUT2D eigenvalue weighted by atomic mass is 35.5. The maximum absolute atomic E-state index is 11.7. The van der Waals surface area contributed by atoms with Crippen molar-refractivity contribution in [2.24, 2.45) is 0 Å². The van der Waals surface area contributed by atoms with Crippen molar-refractivity contribution in [2.45, 2.75) is 32.1 Å². The molecule has 0 aliphatic carbocycles. The summed E-state index contributed by atoms with van der Waals surface area (Å²) in [7, 11) is 0. The maximum Gasteiger partial charge on any atom is 0.230 e. The third-order valence-corrected chi connectivity index (χ3v) is 4.06. The van der Waals surface area contributed by atoms with Crippen molar-refractivity contribution < 1.29 is 4.79 Å². The quantitative estimate of drug-likeness (QED) is 0.943. The zero-order chi connectivity index (χ0) is 14.8. The molecule has 0 unspecified atom stereocenters. The molecule has 4 nitrogen and oxygen atoms in total. The second kappa shape index (κ2) is 6.06. The normalized spacial score (nSPS) is 11.8. The van der Waals surface area contributed by atoms with Gasteiger partial charge in [0.2, 0.25) is 5.91 Å². The lowest BCUT2D eigenvalue weighted by Gasteiger charge is -2.16. The molecule has 0 aliphatic rings. The molecule has 2 rings (SSSR count). The fourth-order valence-corrected chi connectivity index (χ4v) is 2.46. The number of pyridine rings is 1. The molecule has 2 heterocycles. The first kappa shape index (κ1) is 15.2. The van der Waals surface area contributed by atoms with Gasteiger partial charge in [0.15, 0.2) is 0 Å². The third kappa shape index (κ3) is 4.42. The first-order valence-electron chi connectivity index (χ1n) is 6.37. The van der Waals surface area contributed by atoms with Crippen LogP contribution in [0.3, 0.4) is 0 Å². The van der Waals surface area contributed by atoms with E-state index >= 15 is 0 Å². The van der Waals surface area contributed by atoms with E-state index < -0.39 is 0 Å². The van der Waals surface area contributed by atoms with Gasteiger partial charge in [-0.05, 0) is 12.1 Å². The van der Waals surface area contributed by atoms with Gasteiger partial charge in [-0.3, -0.25) is 4.79 Å². The molecule has 0 aromatic carbocycles. The van der Waals surface area contributed by atoms with E-state index in [0.29, 0.717) is 17.3 Å². The van der Waals surface area contributed by atoms with Crippen LogP contribution in [0.25, 0.3) is 5.65 Å². The summed E-state index contributed by atoms with van der Waals surface area (Å²) >= 11 is 7.55. The van der Waals surface area contributed by atoms with Gasteiger partial charge in [0.25, 0.3) is 0 Å². The minimum absolute atomic E-state index is 0.0278. The molecule has 0 spiro atoms. The molecule has 20 heavy (non-hydrogen) atoms. The number of imidazole rings is 1. The van der Waals surface area contributed by atoms with Crippen LogP contribution in [-0.2, 0) is 11.3 Å². The van der Waals surface area contributed by atoms with Crippen LogP contribution in [0.2, 0.25) is 5.02 Å². The van der Waals surface area contributed by atoms with Crippen molar-refractivity contribution in [3.63, 3.8) is 0 Å². The number of nitrogens with one attached hydrogen (secondary N) is 1. The number of halogens is 1. The monoisotopic (exact) mass is 311 g/mol. The highest BCUT2D eigenvalue weighted by Gasteiger charge is 2.13. The number of carbonyl (C=O) groups excluding carboxylic acids is 1. The van der Waals surface area contributed by atoms with Crippen LogP contribution in [0.15, 0.2) is 24.5 Å². The van der Waals surface area contributed by atoms with Crippen molar-refractivity contribution in [2.75, 3.05) is 5.75 Å². The SMILES string of the molecule is CC(C)(C)SCC(=O)NCc1cn2cc(Cl)ccc2n1. The molecule has 2 aromatic rings. The number of fused-ring (bicyclic) bond motifs is 1. The molecule has 2 aromatic heterocycles. The summed E-state index contributed by atoms with van der Waals surface area (Å²) in [6.07, 6.45) is 3.67. The minimum atomic E-state index is 0.0278. The van der Waals surface area contributed by atoms with Gasteiger partial charge in [-0.2, -0.15) is 0 Å². The highest BCUT2D eigenvalue weighted by molar-refractivity contribution is 8.01. The Morgan fingerprint density at radius 2 is 2.15 bits per heavy atom. The van der Waals surface area contributed by atoms with Gasteiger partial charge in [0, 0.05) is 17.1 Å². The van der Waals surface area contributed by atoms with Crippen molar-refractivity contribution in [3.8, 4) is 0 Å². The predicted octanol–water partition coefficient (Wildman–Crippen LogP) is 3.14. The van der Waals surface area contributed by atoms with Crippen LogP contribution in [0.4, 0.5) is 0 Å². The lowest BCUT2D eigenvalue weighted by molar-refractivity contribution is -0.118. The topological polar surface area (TPSA) is 46.4 Å². The first-order valence-corrected chi connectivity index (χ1v) is 7.74. The number of hydrogen-bond donors (Lipinski definition) is 1. The average molecular weight is 312 g/mol. The van der Waals surface area contributed by atoms with Gasteiger partial charge in [-0.15, -0.1) is 11.8 Å². The van der Waals surface area contributed by atoms with E-state index in [-0.39, 0.29) is 10.7 Å². The van der Waals surface area contributed by atoms with E-state index in [2.05, 4.69) is 31.1 Å². The van der Waals surface area contributed by atoms with Crippen LogP contribution < -0.4 is 5.32 Å². The maximum atomic E-state index is 11.7. The number of hydrogen-bond acceptors (Lipinski definition) is 3. The fraction of sp³-hybridized carbons (Fsp3) is 0.429. The van der Waals surface area contributed by atoms with E-state index in [4.69, 9.17) is 11.6 Å². The van der Waals surface area contributed by atoms with E-state index in [1.807, 2.05) is 16.7 Å². The van der Waals surface area contributed by atoms with Crippen LogP contribution in [0.1, 0.15) is 26.5 Å². The van der Waals surface area contributed by atoms with Crippen LogP contribution in [0.5, 0.6) is 0 Å². The fourth-order valence-electron chi connectivity index (χ4n) is 1.62. The molecule has 0 saturated heterocycles. The second-order valence-corrected chi connectivity index (χ2v) is 7.76. The molecule has 1 amide bonds. The van der Waals surface area contributed by atoms with Crippen molar-refractivity contribution in [1.29, 1.82) is 0 Å². The number of aromatic nitrogens is 2. The molecule has 0 bridgehead atoms. The van der Waals surface area contributed by atoms with Gasteiger partial charge in [0.05, 0.1) is 23.0 Å². The van der Waals surface area contributed by atoms with Gasteiger partial charge < -0.3 is 9.72 Å². The Balaban J connectivity index is 1.91. The van der Waals surface area contributed by atoms with Crippen molar-refractivity contribution in [1.82, 2.24) is 14.7 Å². The number of nitrogens with zero attached hydrogens (tertiary/aromatic N) is 2. The molecule has 0 atom stereocenters. The van der Waals surface area contributed by atoms with E-state index in [9.17, 15) is 4.79 Å². The molecule has 0 fully saturated rings. The number of thioether (sulfide) groups is 1. The zero-order valence-corrected chi connectivity index (χ0v) is 13.4. The number of carbonyl (C=O) groups is 1. The Bertz CT molecular complexity index is 618. The lowest BCUT2D eigenvalue weighted by atomic mass is 10.3. The van der Waals surface area contributed by atoms with Crippen LogP contribution >= 0.6 is 23.4 Å². The molecule has 6 heteroatoms. The molecule has 0 aliphatic heterocycles. The molecule has 0 saturated carbocycles. The number of rotatable bonds is 4. The summed E-state index contributed by atoms with van der Waals surface area (Å²) < 4.78 is 1.95. The summed E-state index contributed by atoms with van der Waals surface area (Å²) in [6.45, 7) is 6.72. The van der Waals surface area contributed by atoms with Gasteiger partial charge in [-0.25, -0.2) is 4.98 Å². The third-order valence-electron chi connectivity index (χ3n) is 2.57. The summed E-state index contributed by atoms with van der Waals surface area (Å²) in [5, 5.41) is 3.54. The Morgan fingerprint density at radius 3 is 2.85 bits per heavy atom. The molecule has 108 valence electrons. The predicted molar refractivity (Wildman–Crippen MR) is 84.3 cm³/mol. The van der Waals surface area contributed by atoms with E-state index in [1.54, 1.807) is 24.0 Å². The van der Waals surface area contributed by atoms with Crippen LogP contribution in [-0.4, -0.2) is 25.8 Å². The first-order chi connectivity index (χ1) is 9.33. The Hall–Kier alpha value is -1.20. The molecule has 0 radical (unpaired) electrons. The van der Waals surface area contributed by atoms with Gasteiger partial charge in [-0.1, -0.05) is 32.4 Å². The smallest absolute Gasteiger partial charge is 0.230 e. The van der Waals surface area contributed by atoms with Crippen molar-refractivity contribution >= 4 is 34.9 Å². The second-order valence-electron chi connectivity index (χ2n) is 5.52. The highest BCUT2D eigenvalue weighted by Crippen LogP contribution is 2.22. The largest absolute Gasteiger partial charge is 0.350 e. The Morgan fingerprint density at radius 1 is 1.40 bits per heavy atom. The van der Waals surface area contributed by atoms with E-state index in [1.165, 1.54) is 0 Å². The van der Waals surface area contributed by atoms with Gasteiger partial charge in [0.1, 0.15) is 5.65 Å².